The Morgan fingerprint density at radius 3 is 2.43 bits per heavy atom. The van der Waals surface area contributed by atoms with E-state index in [2.05, 4.69) is 20.5 Å². The molecule has 5 aliphatic heterocycles. The number of benzene rings is 3. The fourth-order valence-corrected chi connectivity index (χ4v) is 11.6. The van der Waals surface area contributed by atoms with E-state index >= 15 is 9.18 Å². The molecule has 3 saturated heterocycles. The first-order chi connectivity index (χ1) is 33.1. The van der Waals surface area contributed by atoms with Gasteiger partial charge in [-0.25, -0.2) is 4.39 Å². The number of nitrogens with zero attached hydrogens (tertiary/aromatic N) is 6. The van der Waals surface area contributed by atoms with Crippen LogP contribution in [0.2, 0.25) is 5.02 Å². The monoisotopic (exact) mass is 985 g/mol. The maximum atomic E-state index is 16.6. The van der Waals surface area contributed by atoms with Gasteiger partial charge >= 0.3 is 6.18 Å². The van der Waals surface area contributed by atoms with Gasteiger partial charge in [0.25, 0.3) is 11.8 Å². The zero-order valence-electron chi connectivity index (χ0n) is 39.6. The minimum absolute atomic E-state index is 0.126. The van der Waals surface area contributed by atoms with Crippen LogP contribution in [0.4, 0.5) is 34.6 Å². The van der Waals surface area contributed by atoms with Gasteiger partial charge in [0.1, 0.15) is 23.3 Å². The van der Waals surface area contributed by atoms with Crippen molar-refractivity contribution in [1.82, 2.24) is 25.0 Å². The van der Waals surface area contributed by atoms with E-state index in [1.54, 1.807) is 66.7 Å². The lowest BCUT2D eigenvalue weighted by atomic mass is 9.63. The summed E-state index contributed by atoms with van der Waals surface area (Å²) in [5, 5.41) is 5.17. The fraction of sp³-hybridized carbons (Fsp3) is 0.431. The summed E-state index contributed by atoms with van der Waals surface area (Å²) in [6.07, 6.45) is -2.58. The summed E-state index contributed by atoms with van der Waals surface area (Å²) in [4.78, 5) is 79.5. The van der Waals surface area contributed by atoms with Crippen LogP contribution in [0, 0.1) is 17.8 Å². The number of carbonyl (C=O) groups excluding carboxylic acids is 5. The van der Waals surface area contributed by atoms with Gasteiger partial charge in [-0.05, 0) is 91.9 Å². The Morgan fingerprint density at radius 1 is 1.01 bits per heavy atom. The van der Waals surface area contributed by atoms with E-state index in [0.717, 1.165) is 17.3 Å². The number of nitrogens with one attached hydrogen (secondary N) is 2. The highest BCUT2D eigenvalue weighted by Crippen LogP contribution is 2.61. The Labute approximate surface area is 408 Å². The number of alkyl halides is 3. The summed E-state index contributed by atoms with van der Waals surface area (Å²) in [5.41, 5.74) is 1.01. The van der Waals surface area contributed by atoms with Crippen LogP contribution in [0.15, 0.2) is 66.9 Å². The third-order valence-electron chi connectivity index (χ3n) is 14.7. The molecule has 4 aromatic rings. The number of ether oxygens (including phenoxy) is 1. The number of aromatic nitrogens is 1. The van der Waals surface area contributed by atoms with Crippen molar-refractivity contribution in [1.29, 1.82) is 0 Å². The molecule has 70 heavy (non-hydrogen) atoms. The molecular weight excluding hydrogens is 932 g/mol. The van der Waals surface area contributed by atoms with Crippen LogP contribution in [0.5, 0.6) is 5.75 Å². The van der Waals surface area contributed by atoms with Crippen molar-refractivity contribution in [3.8, 4) is 5.75 Å². The summed E-state index contributed by atoms with van der Waals surface area (Å²) in [5.74, 6) is -3.38. The first-order valence-electron chi connectivity index (χ1n) is 23.3. The number of methoxy groups -OCH3 is 1. The van der Waals surface area contributed by atoms with Crippen LogP contribution >= 0.6 is 11.6 Å². The van der Waals surface area contributed by atoms with Crippen LogP contribution in [-0.2, 0) is 32.5 Å². The van der Waals surface area contributed by atoms with Crippen molar-refractivity contribution in [2.75, 3.05) is 62.0 Å². The van der Waals surface area contributed by atoms with Crippen LogP contribution in [0.25, 0.3) is 0 Å². The van der Waals surface area contributed by atoms with Crippen LogP contribution in [-0.4, -0.2) is 114 Å². The van der Waals surface area contributed by atoms with E-state index in [4.69, 9.17) is 16.3 Å². The summed E-state index contributed by atoms with van der Waals surface area (Å²) < 4.78 is 64.9. The van der Waals surface area contributed by atoms with E-state index in [1.165, 1.54) is 24.3 Å². The number of imide groups is 1. The number of likely N-dealkylation sites (N-methyl/N-ethyl adjacent to an activating group) is 1. The van der Waals surface area contributed by atoms with Crippen LogP contribution in [0.1, 0.15) is 96.0 Å². The molecule has 3 aromatic carbocycles. The number of piperazine rings is 1. The van der Waals surface area contributed by atoms with E-state index < -0.39 is 59.0 Å². The third kappa shape index (κ3) is 8.49. The molecule has 1 radical (unpaired) electrons. The number of piperidine rings is 1. The SMILES string of the molecule is C[CH]N1C[C@]2(c3cnc(C(F)(F)F)cc31)[C@H](CC(C)(C)C)N(C)[C@@H](C(=O)Nc1ccc(C(=O)N3CCN(c4ccc5c(c4)CN(C4CCC(=O)NC4=O)C5=O)CC3)cc1OC)[C@@H]2c1cccc(Cl)c1F. The molecule has 369 valence electrons. The van der Waals surface area contributed by atoms with Crippen molar-refractivity contribution < 1.29 is 46.3 Å². The van der Waals surface area contributed by atoms with E-state index in [1.807, 2.05) is 37.8 Å². The molecule has 0 saturated carbocycles. The molecule has 0 bridgehead atoms. The topological polar surface area (TPSA) is 148 Å². The number of carbonyl (C=O) groups is 5. The molecular formula is C51H54ClF4N8O6. The number of amides is 5. The molecule has 1 spiro atoms. The Morgan fingerprint density at radius 2 is 1.76 bits per heavy atom. The molecule has 5 atom stereocenters. The summed E-state index contributed by atoms with van der Waals surface area (Å²) in [6, 6.07) is 13.6. The average Bonchev–Trinajstić information content (AvgIpc) is 3.91. The van der Waals surface area contributed by atoms with Gasteiger partial charge in [0.2, 0.25) is 17.7 Å². The minimum Gasteiger partial charge on any atom is -0.495 e. The lowest BCUT2D eigenvalue weighted by Gasteiger charge is -2.41. The van der Waals surface area contributed by atoms with Gasteiger partial charge in [-0.3, -0.25) is 39.2 Å². The molecule has 19 heteroatoms. The van der Waals surface area contributed by atoms with Crippen molar-refractivity contribution in [3.05, 3.63) is 118 Å². The largest absolute Gasteiger partial charge is 0.495 e. The summed E-state index contributed by atoms with van der Waals surface area (Å²) in [7, 11) is 3.20. The highest BCUT2D eigenvalue weighted by atomic mass is 35.5. The molecule has 1 aromatic heterocycles. The Bertz CT molecular complexity index is 2800. The predicted octanol–water partition coefficient (Wildman–Crippen LogP) is 7.41. The second-order valence-electron chi connectivity index (χ2n) is 19.9. The second kappa shape index (κ2) is 18.2. The van der Waals surface area contributed by atoms with Gasteiger partial charge in [-0.15, -0.1) is 0 Å². The zero-order valence-corrected chi connectivity index (χ0v) is 40.4. The van der Waals surface area contributed by atoms with Gasteiger partial charge in [-0.1, -0.05) is 44.5 Å². The molecule has 2 N–H and O–H groups in total. The number of hydrogen-bond donors (Lipinski definition) is 2. The Balaban J connectivity index is 0.959. The van der Waals surface area contributed by atoms with Gasteiger partial charge in [0.05, 0.1) is 23.9 Å². The summed E-state index contributed by atoms with van der Waals surface area (Å²) >= 11 is 6.46. The normalized spacial score (nSPS) is 23.8. The molecule has 1 unspecified atom stereocenters. The Hall–Kier alpha value is -6.27. The third-order valence-corrected chi connectivity index (χ3v) is 15.0. The average molecular weight is 986 g/mol. The smallest absolute Gasteiger partial charge is 0.433 e. The number of halogens is 5. The highest BCUT2D eigenvalue weighted by molar-refractivity contribution is 6.30. The van der Waals surface area contributed by atoms with Crippen molar-refractivity contribution >= 4 is 58.2 Å². The number of fused-ring (bicyclic) bond motifs is 3. The standard InChI is InChI=1S/C51H54ClF4N8O6/c1-7-61-27-50(33-25-57-39(23-37(33)61)51(54,55)56)40(24-49(2,3)4)60(5)44(42(50)32-9-8-10-34(52)43(32)53)46(67)58-35-14-11-28(22-38(35)70-6)47(68)63-19-17-62(18-20-63)30-12-13-31-29(21-30)26-64(48(31)69)36-15-16-41(65)59-45(36)66/h7-14,21-23,25,36,40,42,44H,15-20,24,26-27H2,1-6H3,(H,58,67)(H,59,65,66)/t36?,40-,42-,44+,50-/m0/s1. The van der Waals surface area contributed by atoms with Gasteiger partial charge < -0.3 is 29.7 Å². The molecule has 9 rings (SSSR count). The number of pyridine rings is 1. The quantitative estimate of drug-likeness (QED) is 0.128. The minimum atomic E-state index is -4.72. The number of rotatable bonds is 9. The lowest BCUT2D eigenvalue weighted by molar-refractivity contribution is -0.141. The van der Waals surface area contributed by atoms with Gasteiger partial charge in [0, 0.05) is 104 Å². The lowest BCUT2D eigenvalue weighted by Crippen LogP contribution is -2.52. The first kappa shape index (κ1) is 48.7. The molecule has 6 heterocycles. The number of anilines is 3. The molecule has 3 fully saturated rings. The van der Waals surface area contributed by atoms with E-state index in [0.29, 0.717) is 49.3 Å². The maximum Gasteiger partial charge on any atom is 0.433 e. The van der Waals surface area contributed by atoms with Gasteiger partial charge in [0.15, 0.2) is 0 Å². The van der Waals surface area contributed by atoms with Crippen LogP contribution in [0.3, 0.4) is 0 Å². The maximum absolute atomic E-state index is 16.6. The molecule has 0 aliphatic carbocycles. The highest BCUT2D eigenvalue weighted by Gasteiger charge is 2.65. The molecule has 5 amide bonds. The summed E-state index contributed by atoms with van der Waals surface area (Å²) in [6.45, 7) is 11.7. The second-order valence-corrected chi connectivity index (χ2v) is 20.4. The zero-order chi connectivity index (χ0) is 50.2. The van der Waals surface area contributed by atoms with Gasteiger partial charge in [-0.2, -0.15) is 13.2 Å². The van der Waals surface area contributed by atoms with Crippen LogP contribution < -0.4 is 25.2 Å². The number of likely N-dealkylation sites (tertiary alicyclic amines) is 1. The fourth-order valence-electron chi connectivity index (χ4n) is 11.4. The Kier molecular flexibility index (Phi) is 12.6. The predicted molar refractivity (Wildman–Crippen MR) is 254 cm³/mol. The number of hydrogen-bond acceptors (Lipinski definition) is 10. The van der Waals surface area contributed by atoms with Crippen molar-refractivity contribution in [2.45, 2.75) is 89.1 Å². The first-order valence-corrected chi connectivity index (χ1v) is 23.6. The van der Waals surface area contributed by atoms with Crippen molar-refractivity contribution in [3.63, 3.8) is 0 Å². The van der Waals surface area contributed by atoms with E-state index in [-0.39, 0.29) is 76.8 Å². The van der Waals surface area contributed by atoms with E-state index in [9.17, 15) is 32.3 Å². The van der Waals surface area contributed by atoms with Crippen molar-refractivity contribution in [2.24, 2.45) is 5.41 Å². The molecule has 14 nitrogen and oxygen atoms in total. The molecule has 5 aliphatic rings.